The third-order valence-electron chi connectivity index (χ3n) is 7.10. The summed E-state index contributed by atoms with van der Waals surface area (Å²) in [5.74, 6) is 1.48. The number of carbonyl (C=O) groups is 1. The Kier molecular flexibility index (Phi) is 6.30. The van der Waals surface area contributed by atoms with Gasteiger partial charge in [0.1, 0.15) is 5.82 Å². The van der Waals surface area contributed by atoms with Crippen LogP contribution < -0.4 is 4.90 Å². The number of piperidine rings is 1. The summed E-state index contributed by atoms with van der Waals surface area (Å²) in [4.78, 5) is 28.2. The lowest BCUT2D eigenvalue weighted by Gasteiger charge is -2.39. The topological polar surface area (TPSA) is 55.5 Å². The number of halogens is 1. The van der Waals surface area contributed by atoms with Crippen molar-refractivity contribution in [2.75, 3.05) is 44.2 Å². The number of H-pyrrole nitrogens is 1. The minimum Gasteiger partial charge on any atom is -0.368 e. The predicted molar refractivity (Wildman–Crippen MR) is 134 cm³/mol. The van der Waals surface area contributed by atoms with Crippen LogP contribution >= 0.6 is 11.6 Å². The van der Waals surface area contributed by atoms with Crippen LogP contribution in [0.4, 0.5) is 5.69 Å². The van der Waals surface area contributed by atoms with E-state index >= 15 is 0 Å². The Morgan fingerprint density at radius 3 is 2.55 bits per heavy atom. The van der Waals surface area contributed by atoms with Gasteiger partial charge in [-0.1, -0.05) is 23.7 Å². The number of piperazine rings is 1. The molecule has 3 heterocycles. The van der Waals surface area contributed by atoms with Crippen LogP contribution in [-0.2, 0) is 11.3 Å². The molecule has 2 saturated heterocycles. The first-order valence-electron chi connectivity index (χ1n) is 11.9. The maximum absolute atomic E-state index is 13.2. The number of rotatable bonds is 4. The van der Waals surface area contributed by atoms with Crippen molar-refractivity contribution in [3.05, 3.63) is 58.4 Å². The Hall–Kier alpha value is -2.57. The van der Waals surface area contributed by atoms with Crippen LogP contribution in [0.3, 0.4) is 0 Å². The Bertz CT molecular complexity index is 1140. The lowest BCUT2D eigenvalue weighted by Crippen LogP contribution is -2.51. The largest absolute Gasteiger partial charge is 0.368 e. The molecule has 7 heteroatoms. The molecule has 33 heavy (non-hydrogen) atoms. The number of hydrogen-bond donors (Lipinski definition) is 1. The van der Waals surface area contributed by atoms with E-state index in [0.717, 1.165) is 80.5 Å². The molecule has 5 rings (SSSR count). The van der Waals surface area contributed by atoms with E-state index in [1.165, 1.54) is 16.8 Å². The number of imidazole rings is 1. The number of amides is 1. The van der Waals surface area contributed by atoms with E-state index in [1.807, 2.05) is 12.1 Å². The van der Waals surface area contributed by atoms with Gasteiger partial charge in [0.25, 0.3) is 0 Å². The number of carbonyl (C=O) groups excluding carboxylic acids is 1. The SMILES string of the molecule is Cc1ccc2nc(CN3CCC(C(=O)N4CCN(c5cc(Cl)ccc5C)CC4)CC3)[nH]c2c1. The fraction of sp³-hybridized carbons (Fsp3) is 0.462. The minimum atomic E-state index is 0.138. The monoisotopic (exact) mass is 465 g/mol. The van der Waals surface area contributed by atoms with Crippen molar-refractivity contribution in [1.29, 1.82) is 0 Å². The van der Waals surface area contributed by atoms with Crippen LogP contribution in [0.2, 0.25) is 5.02 Å². The van der Waals surface area contributed by atoms with Crippen molar-refractivity contribution < 1.29 is 4.79 Å². The Morgan fingerprint density at radius 1 is 1.03 bits per heavy atom. The summed E-state index contributed by atoms with van der Waals surface area (Å²) in [6.45, 7) is 10.2. The van der Waals surface area contributed by atoms with Crippen molar-refractivity contribution in [2.24, 2.45) is 5.92 Å². The molecule has 0 radical (unpaired) electrons. The molecule has 1 aromatic heterocycles. The van der Waals surface area contributed by atoms with Crippen molar-refractivity contribution in [3.63, 3.8) is 0 Å². The fourth-order valence-corrected chi connectivity index (χ4v) is 5.32. The second-order valence-electron chi connectivity index (χ2n) is 9.50. The zero-order valence-corrected chi connectivity index (χ0v) is 20.2. The first-order valence-corrected chi connectivity index (χ1v) is 12.3. The van der Waals surface area contributed by atoms with Gasteiger partial charge in [-0.2, -0.15) is 0 Å². The number of nitrogens with one attached hydrogen (secondary N) is 1. The lowest BCUT2D eigenvalue weighted by atomic mass is 9.95. The van der Waals surface area contributed by atoms with E-state index in [-0.39, 0.29) is 5.92 Å². The normalized spacial score (nSPS) is 18.3. The van der Waals surface area contributed by atoms with E-state index in [2.05, 4.69) is 57.8 Å². The molecule has 0 spiro atoms. The van der Waals surface area contributed by atoms with Gasteiger partial charge in [0.15, 0.2) is 0 Å². The van der Waals surface area contributed by atoms with Crippen LogP contribution in [0, 0.1) is 19.8 Å². The van der Waals surface area contributed by atoms with E-state index < -0.39 is 0 Å². The molecule has 1 amide bonds. The van der Waals surface area contributed by atoms with Crippen LogP contribution in [0.15, 0.2) is 36.4 Å². The summed E-state index contributed by atoms with van der Waals surface area (Å²) in [6, 6.07) is 12.3. The molecule has 2 fully saturated rings. The van der Waals surface area contributed by atoms with E-state index in [4.69, 9.17) is 16.6 Å². The highest BCUT2D eigenvalue weighted by molar-refractivity contribution is 6.30. The summed E-state index contributed by atoms with van der Waals surface area (Å²) in [6.07, 6.45) is 1.84. The molecule has 0 unspecified atom stereocenters. The molecule has 2 aliphatic heterocycles. The van der Waals surface area contributed by atoms with Gasteiger partial charge in [-0.05, 0) is 75.2 Å². The molecule has 6 nitrogen and oxygen atoms in total. The highest BCUT2D eigenvalue weighted by Gasteiger charge is 2.31. The molecular formula is C26H32ClN5O. The average molecular weight is 466 g/mol. The Morgan fingerprint density at radius 2 is 1.79 bits per heavy atom. The first kappa shape index (κ1) is 22.2. The molecule has 0 atom stereocenters. The standard InChI is InChI=1S/C26H32ClN5O/c1-18-3-6-22-23(15-18)29-25(28-22)17-30-9-7-20(8-10-30)26(33)32-13-11-31(12-14-32)24-16-21(27)5-4-19(24)2/h3-6,15-16,20H,7-14,17H2,1-2H3,(H,28,29). The number of aromatic amines is 1. The highest BCUT2D eigenvalue weighted by Crippen LogP contribution is 2.27. The number of aryl methyl sites for hydroxylation is 2. The van der Waals surface area contributed by atoms with Crippen LogP contribution in [0.25, 0.3) is 11.0 Å². The molecule has 1 N–H and O–H groups in total. The van der Waals surface area contributed by atoms with Crippen LogP contribution in [0.5, 0.6) is 0 Å². The number of benzene rings is 2. The molecule has 0 saturated carbocycles. The maximum atomic E-state index is 13.2. The second-order valence-corrected chi connectivity index (χ2v) is 9.93. The van der Waals surface area contributed by atoms with E-state index in [9.17, 15) is 4.79 Å². The number of nitrogens with zero attached hydrogens (tertiary/aromatic N) is 4. The van der Waals surface area contributed by atoms with Gasteiger partial charge in [-0.25, -0.2) is 4.98 Å². The quantitative estimate of drug-likeness (QED) is 0.620. The molecule has 2 aromatic carbocycles. The minimum absolute atomic E-state index is 0.138. The van der Waals surface area contributed by atoms with Gasteiger partial charge < -0.3 is 14.8 Å². The summed E-state index contributed by atoms with van der Waals surface area (Å²) in [7, 11) is 0. The summed E-state index contributed by atoms with van der Waals surface area (Å²) < 4.78 is 0. The third kappa shape index (κ3) is 4.87. The molecule has 0 aliphatic carbocycles. The number of anilines is 1. The number of hydrogen-bond acceptors (Lipinski definition) is 4. The van der Waals surface area contributed by atoms with Crippen molar-refractivity contribution in [3.8, 4) is 0 Å². The van der Waals surface area contributed by atoms with Gasteiger partial charge in [0, 0.05) is 42.8 Å². The van der Waals surface area contributed by atoms with Crippen LogP contribution in [0.1, 0.15) is 29.8 Å². The number of fused-ring (bicyclic) bond motifs is 1. The zero-order valence-electron chi connectivity index (χ0n) is 19.5. The summed E-state index contributed by atoms with van der Waals surface area (Å²) in [5.41, 5.74) is 5.77. The highest BCUT2D eigenvalue weighted by atomic mass is 35.5. The summed E-state index contributed by atoms with van der Waals surface area (Å²) >= 11 is 6.21. The fourth-order valence-electron chi connectivity index (χ4n) is 5.15. The Balaban J connectivity index is 1.12. The first-order chi connectivity index (χ1) is 16.0. The van der Waals surface area contributed by atoms with E-state index in [1.54, 1.807) is 0 Å². The molecule has 174 valence electrons. The Labute approximate surface area is 200 Å². The van der Waals surface area contributed by atoms with Gasteiger partial charge in [-0.15, -0.1) is 0 Å². The van der Waals surface area contributed by atoms with Gasteiger partial charge >= 0.3 is 0 Å². The predicted octanol–water partition coefficient (Wildman–Crippen LogP) is 4.39. The average Bonchev–Trinajstić information content (AvgIpc) is 3.22. The van der Waals surface area contributed by atoms with Gasteiger partial charge in [0.05, 0.1) is 17.6 Å². The zero-order chi connectivity index (χ0) is 22.9. The molecular weight excluding hydrogens is 434 g/mol. The summed E-state index contributed by atoms with van der Waals surface area (Å²) in [5, 5.41) is 0.763. The van der Waals surface area contributed by atoms with Crippen molar-refractivity contribution in [1.82, 2.24) is 19.8 Å². The smallest absolute Gasteiger partial charge is 0.225 e. The van der Waals surface area contributed by atoms with E-state index in [0.29, 0.717) is 5.91 Å². The van der Waals surface area contributed by atoms with Crippen molar-refractivity contribution in [2.45, 2.75) is 33.2 Å². The number of aromatic nitrogens is 2. The molecule has 2 aliphatic rings. The van der Waals surface area contributed by atoms with Crippen molar-refractivity contribution >= 4 is 34.2 Å². The maximum Gasteiger partial charge on any atom is 0.225 e. The lowest BCUT2D eigenvalue weighted by molar-refractivity contribution is -0.137. The third-order valence-corrected chi connectivity index (χ3v) is 7.33. The van der Waals surface area contributed by atoms with Gasteiger partial charge in [-0.3, -0.25) is 9.69 Å². The second kappa shape index (κ2) is 9.35. The van der Waals surface area contributed by atoms with Crippen LogP contribution in [-0.4, -0.2) is 64.9 Å². The van der Waals surface area contributed by atoms with Gasteiger partial charge in [0.2, 0.25) is 5.91 Å². The number of likely N-dealkylation sites (tertiary alicyclic amines) is 1. The molecule has 3 aromatic rings. The molecule has 0 bridgehead atoms.